The molecule has 0 aliphatic heterocycles. The molecule has 0 unspecified atom stereocenters. The van der Waals surface area contributed by atoms with Gasteiger partial charge in [-0.3, -0.25) is 9.59 Å². The van der Waals surface area contributed by atoms with Gasteiger partial charge in [0.2, 0.25) is 0 Å². The van der Waals surface area contributed by atoms with E-state index in [0.29, 0.717) is 11.1 Å². The van der Waals surface area contributed by atoms with Gasteiger partial charge in [-0.15, -0.1) is 0 Å². The quantitative estimate of drug-likeness (QED) is 0.615. The number of hydrogen-bond acceptors (Lipinski definition) is 2. The molecule has 0 amide bonds. The summed E-state index contributed by atoms with van der Waals surface area (Å²) in [6.45, 7) is 7.95. The molecule has 0 atom stereocenters. The van der Waals surface area contributed by atoms with E-state index < -0.39 is 0 Å². The van der Waals surface area contributed by atoms with Crippen molar-refractivity contribution in [3.63, 3.8) is 0 Å². The third kappa shape index (κ3) is 3.46. The SMILES string of the molecule is Cc1ccc(C(=O)CC(=O)c2ccc(C)c(C)c2)cc1C. The fourth-order valence-electron chi connectivity index (χ4n) is 2.18. The van der Waals surface area contributed by atoms with E-state index >= 15 is 0 Å². The largest absolute Gasteiger partial charge is 0.294 e. The van der Waals surface area contributed by atoms with Gasteiger partial charge in [0.05, 0.1) is 6.42 Å². The van der Waals surface area contributed by atoms with E-state index in [2.05, 4.69) is 0 Å². The molecule has 2 rings (SSSR count). The summed E-state index contributed by atoms with van der Waals surface area (Å²) in [5.41, 5.74) is 5.64. The highest BCUT2D eigenvalue weighted by atomic mass is 16.1. The molecule has 2 nitrogen and oxygen atoms in total. The Bertz CT molecular complexity index is 650. The van der Waals surface area contributed by atoms with E-state index in [4.69, 9.17) is 0 Å². The van der Waals surface area contributed by atoms with Crippen molar-refractivity contribution in [2.75, 3.05) is 0 Å². The van der Waals surface area contributed by atoms with Crippen LogP contribution in [0.1, 0.15) is 49.4 Å². The molecule has 0 saturated carbocycles. The van der Waals surface area contributed by atoms with Crippen LogP contribution in [0.4, 0.5) is 0 Å². The predicted octanol–water partition coefficient (Wildman–Crippen LogP) is 4.38. The zero-order valence-electron chi connectivity index (χ0n) is 13.0. The minimum Gasteiger partial charge on any atom is -0.294 e. The molecule has 108 valence electrons. The van der Waals surface area contributed by atoms with Crippen LogP contribution in [0.5, 0.6) is 0 Å². The van der Waals surface area contributed by atoms with Gasteiger partial charge in [0.15, 0.2) is 11.6 Å². The highest BCUT2D eigenvalue weighted by Gasteiger charge is 2.14. The smallest absolute Gasteiger partial charge is 0.170 e. The first-order valence-electron chi connectivity index (χ1n) is 7.09. The summed E-state index contributed by atoms with van der Waals surface area (Å²) in [6, 6.07) is 11.1. The number of rotatable bonds is 4. The fraction of sp³-hybridized carbons (Fsp3) is 0.263. The lowest BCUT2D eigenvalue weighted by Crippen LogP contribution is -2.09. The van der Waals surface area contributed by atoms with Crippen LogP contribution >= 0.6 is 0 Å². The lowest BCUT2D eigenvalue weighted by molar-refractivity contribution is 0.0894. The van der Waals surface area contributed by atoms with Crippen LogP contribution in [0.3, 0.4) is 0 Å². The summed E-state index contributed by atoms with van der Waals surface area (Å²) in [5, 5.41) is 0. The second-order valence-corrected chi connectivity index (χ2v) is 5.62. The van der Waals surface area contributed by atoms with Gasteiger partial charge in [0.25, 0.3) is 0 Å². The zero-order chi connectivity index (χ0) is 15.6. The Morgan fingerprint density at radius 3 is 1.38 bits per heavy atom. The van der Waals surface area contributed by atoms with Crippen molar-refractivity contribution in [1.29, 1.82) is 0 Å². The van der Waals surface area contributed by atoms with Crippen LogP contribution in [-0.2, 0) is 0 Å². The maximum Gasteiger partial charge on any atom is 0.170 e. The molecule has 0 aliphatic rings. The molecule has 0 spiro atoms. The van der Waals surface area contributed by atoms with Gasteiger partial charge < -0.3 is 0 Å². The van der Waals surface area contributed by atoms with Crippen molar-refractivity contribution in [3.8, 4) is 0 Å². The maximum atomic E-state index is 12.2. The number of aryl methyl sites for hydroxylation is 4. The molecule has 2 heteroatoms. The minimum absolute atomic E-state index is 0.0784. The molecule has 0 heterocycles. The molecule has 0 bridgehead atoms. The molecule has 2 aromatic carbocycles. The third-order valence-corrected chi connectivity index (χ3v) is 3.98. The first-order valence-corrected chi connectivity index (χ1v) is 7.09. The second kappa shape index (κ2) is 6.04. The van der Waals surface area contributed by atoms with Crippen molar-refractivity contribution >= 4 is 11.6 Å². The lowest BCUT2D eigenvalue weighted by atomic mass is 9.97. The summed E-state index contributed by atoms with van der Waals surface area (Å²) >= 11 is 0. The molecule has 0 aliphatic carbocycles. The van der Waals surface area contributed by atoms with Gasteiger partial charge in [-0.05, 0) is 62.1 Å². The Kier molecular flexibility index (Phi) is 4.37. The molecule has 0 saturated heterocycles. The van der Waals surface area contributed by atoms with E-state index in [1.165, 1.54) is 0 Å². The topological polar surface area (TPSA) is 34.1 Å². The first-order chi connectivity index (χ1) is 9.88. The Morgan fingerprint density at radius 1 is 0.667 bits per heavy atom. The molecular weight excluding hydrogens is 260 g/mol. The Morgan fingerprint density at radius 2 is 1.05 bits per heavy atom. The van der Waals surface area contributed by atoms with Crippen LogP contribution in [0.25, 0.3) is 0 Å². The van der Waals surface area contributed by atoms with E-state index in [-0.39, 0.29) is 18.0 Å². The van der Waals surface area contributed by atoms with Gasteiger partial charge in [-0.2, -0.15) is 0 Å². The number of carbonyl (C=O) groups is 2. The van der Waals surface area contributed by atoms with Gasteiger partial charge in [-0.1, -0.05) is 24.3 Å². The van der Waals surface area contributed by atoms with Crippen molar-refractivity contribution in [3.05, 3.63) is 69.8 Å². The normalized spacial score (nSPS) is 10.5. The predicted molar refractivity (Wildman–Crippen MR) is 85.1 cm³/mol. The van der Waals surface area contributed by atoms with E-state index in [1.54, 1.807) is 12.1 Å². The van der Waals surface area contributed by atoms with Crippen molar-refractivity contribution in [2.24, 2.45) is 0 Å². The van der Waals surface area contributed by atoms with Gasteiger partial charge in [0.1, 0.15) is 0 Å². The molecular formula is C19H20O2. The summed E-state index contributed by atoms with van der Waals surface area (Å²) in [7, 11) is 0. The van der Waals surface area contributed by atoms with Crippen LogP contribution in [0.15, 0.2) is 36.4 Å². The van der Waals surface area contributed by atoms with Crippen LogP contribution in [0.2, 0.25) is 0 Å². The number of benzene rings is 2. The molecule has 0 fully saturated rings. The Labute approximate surface area is 125 Å². The van der Waals surface area contributed by atoms with Gasteiger partial charge >= 0.3 is 0 Å². The van der Waals surface area contributed by atoms with E-state index in [9.17, 15) is 9.59 Å². The number of ketones is 2. The van der Waals surface area contributed by atoms with Crippen molar-refractivity contribution in [2.45, 2.75) is 34.1 Å². The highest BCUT2D eigenvalue weighted by Crippen LogP contribution is 2.15. The summed E-state index contributed by atoms with van der Waals surface area (Å²) in [4.78, 5) is 24.4. The zero-order valence-corrected chi connectivity index (χ0v) is 13.0. The summed E-state index contributed by atoms with van der Waals surface area (Å²) < 4.78 is 0. The Balaban J connectivity index is 2.16. The van der Waals surface area contributed by atoms with E-state index in [0.717, 1.165) is 22.3 Å². The molecule has 2 aromatic rings. The van der Waals surface area contributed by atoms with E-state index in [1.807, 2.05) is 52.0 Å². The molecule has 0 aromatic heterocycles. The second-order valence-electron chi connectivity index (χ2n) is 5.62. The average molecular weight is 280 g/mol. The highest BCUT2D eigenvalue weighted by molar-refractivity contribution is 6.13. The van der Waals surface area contributed by atoms with Crippen LogP contribution in [-0.4, -0.2) is 11.6 Å². The van der Waals surface area contributed by atoms with Crippen molar-refractivity contribution in [1.82, 2.24) is 0 Å². The van der Waals surface area contributed by atoms with Crippen molar-refractivity contribution < 1.29 is 9.59 Å². The number of carbonyl (C=O) groups excluding carboxylic acids is 2. The standard InChI is InChI=1S/C19H20O2/c1-12-5-7-16(9-14(12)3)18(20)11-19(21)17-8-6-13(2)15(4)10-17/h5-10H,11H2,1-4H3. The molecule has 0 radical (unpaired) electrons. The van der Waals surface area contributed by atoms with Crippen LogP contribution < -0.4 is 0 Å². The average Bonchev–Trinajstić information content (AvgIpc) is 2.44. The first kappa shape index (κ1) is 15.2. The molecule has 21 heavy (non-hydrogen) atoms. The number of Topliss-reactive ketones (excluding diaryl/α,β-unsaturated/α-hetero) is 2. The maximum absolute atomic E-state index is 12.2. The fourth-order valence-corrected chi connectivity index (χ4v) is 2.18. The monoisotopic (exact) mass is 280 g/mol. The summed E-state index contributed by atoms with van der Waals surface area (Å²) in [5.74, 6) is -0.248. The molecule has 0 N–H and O–H groups in total. The van der Waals surface area contributed by atoms with Gasteiger partial charge in [0, 0.05) is 11.1 Å². The van der Waals surface area contributed by atoms with Gasteiger partial charge in [-0.25, -0.2) is 0 Å². The third-order valence-electron chi connectivity index (χ3n) is 3.98. The number of hydrogen-bond donors (Lipinski definition) is 0. The minimum atomic E-state index is -0.124. The van der Waals surface area contributed by atoms with Crippen LogP contribution in [0, 0.1) is 27.7 Å². The Hall–Kier alpha value is -2.22. The lowest BCUT2D eigenvalue weighted by Gasteiger charge is -2.06. The summed E-state index contributed by atoms with van der Waals surface area (Å²) in [6.07, 6.45) is -0.0784.